The number of carboxylic acids is 1. The Bertz CT molecular complexity index is 195. The van der Waals surface area contributed by atoms with E-state index < -0.39 is 5.97 Å². The van der Waals surface area contributed by atoms with Crippen LogP contribution in [0.25, 0.3) is 0 Å². The summed E-state index contributed by atoms with van der Waals surface area (Å²) in [6.45, 7) is 8.47. The lowest BCUT2D eigenvalue weighted by molar-refractivity contribution is -0.141. The quantitative estimate of drug-likeness (QED) is 0.630. The molecule has 0 saturated carbocycles. The van der Waals surface area contributed by atoms with Gasteiger partial charge in [0, 0.05) is 19.7 Å². The Morgan fingerprint density at radius 2 is 1.88 bits per heavy atom. The molecule has 0 aromatic heterocycles. The highest BCUT2D eigenvalue weighted by Crippen LogP contribution is 2.06. The molecule has 0 spiro atoms. The van der Waals surface area contributed by atoms with Gasteiger partial charge in [0.25, 0.3) is 0 Å². The Kier molecular flexibility index (Phi) is 8.21. The number of hydrogen-bond donors (Lipinski definition) is 2. The van der Waals surface area contributed by atoms with E-state index in [9.17, 15) is 4.79 Å². The number of aliphatic carboxylic acids is 1. The van der Waals surface area contributed by atoms with Crippen LogP contribution in [0.15, 0.2) is 0 Å². The summed E-state index contributed by atoms with van der Waals surface area (Å²) in [6.07, 6.45) is 1.78. The van der Waals surface area contributed by atoms with Gasteiger partial charge in [-0.25, -0.2) is 0 Å². The van der Waals surface area contributed by atoms with Crippen LogP contribution in [-0.2, 0) is 4.79 Å². The first-order chi connectivity index (χ1) is 7.47. The van der Waals surface area contributed by atoms with Gasteiger partial charge in [-0.05, 0) is 25.3 Å². The van der Waals surface area contributed by atoms with E-state index in [2.05, 4.69) is 18.7 Å². The Labute approximate surface area is 98.3 Å². The fourth-order valence-corrected chi connectivity index (χ4v) is 1.49. The summed E-state index contributed by atoms with van der Waals surface area (Å²) < 4.78 is 0. The average molecular weight is 231 g/mol. The molecule has 1 atom stereocenters. The summed E-state index contributed by atoms with van der Waals surface area (Å²) in [4.78, 5) is 12.9. The number of aliphatic hydroxyl groups excluding tert-OH is 1. The van der Waals surface area contributed by atoms with Crippen LogP contribution in [0, 0.1) is 11.8 Å². The topological polar surface area (TPSA) is 60.8 Å². The van der Waals surface area contributed by atoms with Gasteiger partial charge in [0.15, 0.2) is 0 Å². The first-order valence-electron chi connectivity index (χ1n) is 6.03. The van der Waals surface area contributed by atoms with Crippen molar-refractivity contribution in [3.63, 3.8) is 0 Å². The van der Waals surface area contributed by atoms with Crippen molar-refractivity contribution in [2.75, 3.05) is 26.2 Å². The molecule has 0 aliphatic rings. The molecule has 0 heterocycles. The van der Waals surface area contributed by atoms with E-state index in [1.807, 2.05) is 0 Å². The van der Waals surface area contributed by atoms with Crippen LogP contribution in [0.1, 0.15) is 33.6 Å². The lowest BCUT2D eigenvalue weighted by atomic mass is 10.1. The standard InChI is InChI=1S/C12H25NO3/c1-10(2)5-7-13(6-4-8-14)9-11(3)12(15)16/h10-11,14H,4-9H2,1-3H3,(H,15,16). The van der Waals surface area contributed by atoms with E-state index in [0.717, 1.165) is 19.5 Å². The van der Waals surface area contributed by atoms with Crippen molar-refractivity contribution in [3.8, 4) is 0 Å². The van der Waals surface area contributed by atoms with E-state index in [1.54, 1.807) is 6.92 Å². The summed E-state index contributed by atoms with van der Waals surface area (Å²) in [5.41, 5.74) is 0. The maximum atomic E-state index is 10.8. The van der Waals surface area contributed by atoms with Crippen molar-refractivity contribution in [2.24, 2.45) is 11.8 Å². The Morgan fingerprint density at radius 3 is 2.31 bits per heavy atom. The number of aliphatic hydroxyl groups is 1. The smallest absolute Gasteiger partial charge is 0.307 e. The molecular formula is C12H25NO3. The van der Waals surface area contributed by atoms with Gasteiger partial charge in [0.05, 0.1) is 5.92 Å². The maximum absolute atomic E-state index is 10.8. The highest BCUT2D eigenvalue weighted by Gasteiger charge is 2.15. The predicted octanol–water partition coefficient (Wildman–Crippen LogP) is 1.44. The van der Waals surface area contributed by atoms with Gasteiger partial charge < -0.3 is 15.1 Å². The fourth-order valence-electron chi connectivity index (χ4n) is 1.49. The number of rotatable bonds is 9. The van der Waals surface area contributed by atoms with Crippen molar-refractivity contribution in [1.82, 2.24) is 4.90 Å². The Balaban J connectivity index is 4.03. The highest BCUT2D eigenvalue weighted by molar-refractivity contribution is 5.69. The SMILES string of the molecule is CC(C)CCN(CCCO)CC(C)C(=O)O. The molecule has 0 saturated heterocycles. The number of carboxylic acid groups (broad SMARTS) is 1. The fraction of sp³-hybridized carbons (Fsp3) is 0.917. The second-order valence-electron chi connectivity index (χ2n) is 4.80. The molecular weight excluding hydrogens is 206 g/mol. The van der Waals surface area contributed by atoms with Crippen LogP contribution in [0.5, 0.6) is 0 Å². The maximum Gasteiger partial charge on any atom is 0.307 e. The first-order valence-corrected chi connectivity index (χ1v) is 6.03. The van der Waals surface area contributed by atoms with Crippen molar-refractivity contribution >= 4 is 5.97 Å². The van der Waals surface area contributed by atoms with Crippen molar-refractivity contribution in [2.45, 2.75) is 33.6 Å². The monoisotopic (exact) mass is 231 g/mol. The van der Waals surface area contributed by atoms with Crippen LogP contribution in [0.3, 0.4) is 0 Å². The second kappa shape index (κ2) is 8.53. The molecule has 0 rings (SSSR count). The minimum absolute atomic E-state index is 0.166. The average Bonchev–Trinajstić information content (AvgIpc) is 2.21. The number of nitrogens with zero attached hydrogens (tertiary/aromatic N) is 1. The number of carbonyl (C=O) groups is 1. The van der Waals surface area contributed by atoms with Gasteiger partial charge in [-0.1, -0.05) is 20.8 Å². The Hall–Kier alpha value is -0.610. The van der Waals surface area contributed by atoms with Crippen LogP contribution < -0.4 is 0 Å². The summed E-state index contributed by atoms with van der Waals surface area (Å²) >= 11 is 0. The molecule has 4 nitrogen and oxygen atoms in total. The zero-order chi connectivity index (χ0) is 12.6. The van der Waals surface area contributed by atoms with Crippen LogP contribution in [0.4, 0.5) is 0 Å². The van der Waals surface area contributed by atoms with Gasteiger partial charge in [-0.15, -0.1) is 0 Å². The van der Waals surface area contributed by atoms with Gasteiger partial charge >= 0.3 is 5.97 Å². The first kappa shape index (κ1) is 15.4. The summed E-state index contributed by atoms with van der Waals surface area (Å²) in [6, 6.07) is 0. The van der Waals surface area contributed by atoms with E-state index in [1.165, 1.54) is 0 Å². The number of hydrogen-bond acceptors (Lipinski definition) is 3. The zero-order valence-corrected chi connectivity index (χ0v) is 10.6. The van der Waals surface area contributed by atoms with E-state index in [4.69, 9.17) is 10.2 Å². The molecule has 0 fully saturated rings. The van der Waals surface area contributed by atoms with Crippen molar-refractivity contribution in [3.05, 3.63) is 0 Å². The van der Waals surface area contributed by atoms with Gasteiger partial charge in [0.2, 0.25) is 0 Å². The lowest BCUT2D eigenvalue weighted by Crippen LogP contribution is -2.34. The van der Waals surface area contributed by atoms with Gasteiger partial charge in [-0.3, -0.25) is 4.79 Å². The molecule has 0 amide bonds. The minimum Gasteiger partial charge on any atom is -0.481 e. The highest BCUT2D eigenvalue weighted by atomic mass is 16.4. The minimum atomic E-state index is -0.751. The lowest BCUT2D eigenvalue weighted by Gasteiger charge is -2.24. The summed E-state index contributed by atoms with van der Waals surface area (Å²) in [7, 11) is 0. The molecule has 4 heteroatoms. The summed E-state index contributed by atoms with van der Waals surface area (Å²) in [5, 5.41) is 17.7. The zero-order valence-electron chi connectivity index (χ0n) is 10.6. The molecule has 0 aliphatic carbocycles. The molecule has 0 aliphatic heterocycles. The van der Waals surface area contributed by atoms with Gasteiger partial charge in [-0.2, -0.15) is 0 Å². The molecule has 0 radical (unpaired) electrons. The molecule has 16 heavy (non-hydrogen) atoms. The molecule has 0 bridgehead atoms. The third-order valence-corrected chi connectivity index (χ3v) is 2.61. The molecule has 0 aromatic carbocycles. The second-order valence-corrected chi connectivity index (χ2v) is 4.80. The molecule has 1 unspecified atom stereocenters. The normalized spacial score (nSPS) is 13.4. The molecule has 96 valence electrons. The van der Waals surface area contributed by atoms with E-state index in [0.29, 0.717) is 18.9 Å². The van der Waals surface area contributed by atoms with Crippen LogP contribution in [0.2, 0.25) is 0 Å². The molecule has 0 aromatic rings. The van der Waals surface area contributed by atoms with E-state index >= 15 is 0 Å². The Morgan fingerprint density at radius 1 is 1.25 bits per heavy atom. The van der Waals surface area contributed by atoms with Crippen LogP contribution in [-0.4, -0.2) is 47.3 Å². The summed E-state index contributed by atoms with van der Waals surface area (Å²) in [5.74, 6) is -0.471. The largest absolute Gasteiger partial charge is 0.481 e. The third-order valence-electron chi connectivity index (χ3n) is 2.61. The molecule has 2 N–H and O–H groups in total. The van der Waals surface area contributed by atoms with Crippen molar-refractivity contribution < 1.29 is 15.0 Å². The van der Waals surface area contributed by atoms with Gasteiger partial charge in [0.1, 0.15) is 0 Å². The van der Waals surface area contributed by atoms with E-state index in [-0.39, 0.29) is 12.5 Å². The van der Waals surface area contributed by atoms with Crippen LogP contribution >= 0.6 is 0 Å². The van der Waals surface area contributed by atoms with Crippen molar-refractivity contribution in [1.29, 1.82) is 0 Å². The predicted molar refractivity (Wildman–Crippen MR) is 64.4 cm³/mol. The third kappa shape index (κ3) is 7.65.